The van der Waals surface area contributed by atoms with Gasteiger partial charge in [0.2, 0.25) is 0 Å². The van der Waals surface area contributed by atoms with Gasteiger partial charge in [-0.25, -0.2) is 9.48 Å². The number of carboxylic acid groups (broad SMARTS) is 1. The maximum atomic E-state index is 11.4. The fourth-order valence-corrected chi connectivity index (χ4v) is 2.28. The first-order valence-electron chi connectivity index (χ1n) is 6.64. The van der Waals surface area contributed by atoms with Gasteiger partial charge in [0.05, 0.1) is 11.9 Å². The van der Waals surface area contributed by atoms with Gasteiger partial charge in [-0.15, -0.1) is 5.10 Å². The molecule has 5 heteroatoms. The molecule has 3 rings (SSSR count). The van der Waals surface area contributed by atoms with Crippen LogP contribution in [0.3, 0.4) is 0 Å². The van der Waals surface area contributed by atoms with Crippen LogP contribution in [-0.4, -0.2) is 26.1 Å². The largest absolute Gasteiger partial charge is 0.479 e. The van der Waals surface area contributed by atoms with Crippen LogP contribution in [0, 0.1) is 0 Å². The van der Waals surface area contributed by atoms with E-state index in [0.717, 1.165) is 16.3 Å². The van der Waals surface area contributed by atoms with Gasteiger partial charge < -0.3 is 5.11 Å². The summed E-state index contributed by atoms with van der Waals surface area (Å²) in [5.41, 5.74) is 0.429. The molecule has 0 saturated carbocycles. The topological polar surface area (TPSA) is 68.0 Å². The molecule has 0 unspecified atom stereocenters. The van der Waals surface area contributed by atoms with Gasteiger partial charge in [0.1, 0.15) is 0 Å². The molecule has 0 aliphatic carbocycles. The van der Waals surface area contributed by atoms with Crippen LogP contribution < -0.4 is 0 Å². The van der Waals surface area contributed by atoms with Gasteiger partial charge >= 0.3 is 5.97 Å². The number of hydrogen-bond donors (Lipinski definition) is 1. The Balaban J connectivity index is 2.16. The molecule has 1 heterocycles. The smallest absolute Gasteiger partial charge is 0.331 e. The number of aliphatic carboxylic acids is 1. The van der Waals surface area contributed by atoms with Crippen LogP contribution in [0.25, 0.3) is 22.0 Å². The summed E-state index contributed by atoms with van der Waals surface area (Å²) in [7, 11) is 0. The van der Waals surface area contributed by atoms with Crippen molar-refractivity contribution in [1.82, 2.24) is 15.0 Å². The highest BCUT2D eigenvalue weighted by atomic mass is 16.4. The van der Waals surface area contributed by atoms with Gasteiger partial charge in [0, 0.05) is 5.56 Å². The van der Waals surface area contributed by atoms with Crippen molar-refractivity contribution in [3.8, 4) is 11.3 Å². The second-order valence-corrected chi connectivity index (χ2v) is 5.46. The van der Waals surface area contributed by atoms with Crippen LogP contribution in [-0.2, 0) is 10.3 Å². The molecule has 0 saturated heterocycles. The van der Waals surface area contributed by atoms with E-state index in [-0.39, 0.29) is 0 Å². The molecule has 0 radical (unpaired) electrons. The standard InChI is InChI=1S/C16H15N3O2/c1-16(2,15(20)21)19-14(10-17-18-19)13-8-7-11-5-3-4-6-12(11)9-13/h3-10H,1-2H3,(H,20,21). The number of aromatic nitrogens is 3. The minimum Gasteiger partial charge on any atom is -0.479 e. The molecule has 21 heavy (non-hydrogen) atoms. The number of nitrogens with zero attached hydrogens (tertiary/aromatic N) is 3. The molecule has 2 aromatic carbocycles. The summed E-state index contributed by atoms with van der Waals surface area (Å²) in [6.07, 6.45) is 1.59. The molecule has 0 fully saturated rings. The molecule has 5 nitrogen and oxygen atoms in total. The summed E-state index contributed by atoms with van der Waals surface area (Å²) in [4.78, 5) is 11.4. The van der Waals surface area contributed by atoms with Crippen molar-refractivity contribution in [3.63, 3.8) is 0 Å². The van der Waals surface area contributed by atoms with E-state index in [0.29, 0.717) is 5.69 Å². The van der Waals surface area contributed by atoms with Crippen molar-refractivity contribution in [3.05, 3.63) is 48.7 Å². The lowest BCUT2D eigenvalue weighted by atomic mass is 10.0. The zero-order valence-corrected chi connectivity index (χ0v) is 11.8. The van der Waals surface area contributed by atoms with Crippen LogP contribution >= 0.6 is 0 Å². The highest BCUT2D eigenvalue weighted by Gasteiger charge is 2.32. The second kappa shape index (κ2) is 4.70. The van der Waals surface area contributed by atoms with E-state index in [4.69, 9.17) is 0 Å². The average molecular weight is 281 g/mol. The lowest BCUT2D eigenvalue weighted by molar-refractivity contribution is -0.146. The van der Waals surface area contributed by atoms with Gasteiger partial charge in [-0.1, -0.05) is 41.6 Å². The molecule has 0 spiro atoms. The first-order valence-corrected chi connectivity index (χ1v) is 6.64. The maximum absolute atomic E-state index is 11.4. The third-order valence-corrected chi connectivity index (χ3v) is 3.65. The molecule has 106 valence electrons. The number of carbonyl (C=O) groups is 1. The normalized spacial score (nSPS) is 11.7. The average Bonchev–Trinajstić information content (AvgIpc) is 2.96. The van der Waals surface area contributed by atoms with Gasteiger partial charge in [0.15, 0.2) is 5.54 Å². The second-order valence-electron chi connectivity index (χ2n) is 5.46. The molecule has 0 atom stereocenters. The molecular formula is C16H15N3O2. The first kappa shape index (κ1) is 13.3. The van der Waals surface area contributed by atoms with E-state index in [1.807, 2.05) is 42.5 Å². The van der Waals surface area contributed by atoms with Gasteiger partial charge in [-0.2, -0.15) is 0 Å². The third kappa shape index (κ3) is 2.16. The van der Waals surface area contributed by atoms with E-state index >= 15 is 0 Å². The Morgan fingerprint density at radius 1 is 1.14 bits per heavy atom. The SMILES string of the molecule is CC(C)(C(=O)O)n1nncc1-c1ccc2ccccc2c1. The zero-order chi connectivity index (χ0) is 15.0. The number of benzene rings is 2. The summed E-state index contributed by atoms with van der Waals surface area (Å²) in [5, 5.41) is 19.4. The summed E-state index contributed by atoms with van der Waals surface area (Å²) >= 11 is 0. The minimum atomic E-state index is -1.16. The van der Waals surface area contributed by atoms with E-state index < -0.39 is 11.5 Å². The van der Waals surface area contributed by atoms with Crippen LogP contribution in [0.5, 0.6) is 0 Å². The monoisotopic (exact) mass is 281 g/mol. The van der Waals surface area contributed by atoms with Crippen LogP contribution in [0.4, 0.5) is 0 Å². The minimum absolute atomic E-state index is 0.688. The maximum Gasteiger partial charge on any atom is 0.331 e. The number of hydrogen-bond acceptors (Lipinski definition) is 3. The molecule has 3 aromatic rings. The molecule has 0 aliphatic rings. The highest BCUT2D eigenvalue weighted by Crippen LogP contribution is 2.27. The van der Waals surface area contributed by atoms with Gasteiger partial charge in [-0.05, 0) is 30.7 Å². The summed E-state index contributed by atoms with van der Waals surface area (Å²) in [5.74, 6) is -0.949. The molecule has 0 aliphatic heterocycles. The van der Waals surface area contributed by atoms with Crippen LogP contribution in [0.2, 0.25) is 0 Å². The molecule has 0 bridgehead atoms. The van der Waals surface area contributed by atoms with E-state index in [1.54, 1.807) is 20.0 Å². The number of rotatable bonds is 3. The predicted octanol–water partition coefficient (Wildman–Crippen LogP) is 2.92. The first-order chi connectivity index (χ1) is 10.00. The molecule has 1 aromatic heterocycles. The molecule has 1 N–H and O–H groups in total. The Morgan fingerprint density at radius 2 is 1.86 bits per heavy atom. The van der Waals surface area contributed by atoms with Crippen molar-refractivity contribution in [2.75, 3.05) is 0 Å². The van der Waals surface area contributed by atoms with Crippen molar-refractivity contribution in [2.24, 2.45) is 0 Å². The summed E-state index contributed by atoms with van der Waals surface area (Å²) in [6, 6.07) is 14.0. The van der Waals surface area contributed by atoms with Crippen LogP contribution in [0.15, 0.2) is 48.7 Å². The van der Waals surface area contributed by atoms with Gasteiger partial charge in [0.25, 0.3) is 0 Å². The fraction of sp³-hybridized carbons (Fsp3) is 0.188. The fourth-order valence-electron chi connectivity index (χ4n) is 2.28. The Bertz CT molecular complexity index is 821. The molecular weight excluding hydrogens is 266 g/mol. The van der Waals surface area contributed by atoms with E-state index in [1.165, 1.54) is 4.68 Å². The Hall–Kier alpha value is -2.69. The highest BCUT2D eigenvalue weighted by molar-refractivity contribution is 5.87. The number of carboxylic acids is 1. The van der Waals surface area contributed by atoms with E-state index in [9.17, 15) is 9.90 Å². The van der Waals surface area contributed by atoms with E-state index in [2.05, 4.69) is 10.3 Å². The van der Waals surface area contributed by atoms with Crippen molar-refractivity contribution < 1.29 is 9.90 Å². The lowest BCUT2D eigenvalue weighted by Gasteiger charge is -2.21. The Labute approximate surface area is 121 Å². The Kier molecular flexibility index (Phi) is 2.97. The van der Waals surface area contributed by atoms with Gasteiger partial charge in [-0.3, -0.25) is 0 Å². The van der Waals surface area contributed by atoms with Crippen molar-refractivity contribution >= 4 is 16.7 Å². The Morgan fingerprint density at radius 3 is 2.57 bits per heavy atom. The van der Waals surface area contributed by atoms with Crippen molar-refractivity contribution in [2.45, 2.75) is 19.4 Å². The third-order valence-electron chi connectivity index (χ3n) is 3.65. The quantitative estimate of drug-likeness (QED) is 0.801. The summed E-state index contributed by atoms with van der Waals surface area (Å²) < 4.78 is 1.44. The summed E-state index contributed by atoms with van der Waals surface area (Å²) in [6.45, 7) is 3.21. The zero-order valence-electron chi connectivity index (χ0n) is 11.8. The predicted molar refractivity (Wildman–Crippen MR) is 79.9 cm³/mol. The lowest BCUT2D eigenvalue weighted by Crippen LogP contribution is -2.37. The molecule has 0 amide bonds. The van der Waals surface area contributed by atoms with Crippen molar-refractivity contribution in [1.29, 1.82) is 0 Å². The number of fused-ring (bicyclic) bond motifs is 1. The van der Waals surface area contributed by atoms with Crippen LogP contribution in [0.1, 0.15) is 13.8 Å².